The summed E-state index contributed by atoms with van der Waals surface area (Å²) in [4.78, 5) is 53.9. The van der Waals surface area contributed by atoms with Gasteiger partial charge in [-0.05, 0) is 13.0 Å². The molecule has 182 valence electrons. The van der Waals surface area contributed by atoms with E-state index >= 15 is 0 Å². The highest BCUT2D eigenvalue weighted by Crippen LogP contribution is 2.27. The molecule has 2 amide bonds. The lowest BCUT2D eigenvalue weighted by Crippen LogP contribution is -2.33. The lowest BCUT2D eigenvalue weighted by molar-refractivity contribution is -0.118. The summed E-state index contributed by atoms with van der Waals surface area (Å²) in [5, 5.41) is 5.74. The average Bonchev–Trinajstić information content (AvgIpc) is 3.23. The van der Waals surface area contributed by atoms with Crippen molar-refractivity contribution in [3.8, 4) is 11.8 Å². The quantitative estimate of drug-likeness (QED) is 0.413. The molecular weight excluding hydrogens is 460 g/mol. The Morgan fingerprint density at radius 2 is 2.09 bits per heavy atom. The highest BCUT2D eigenvalue weighted by Gasteiger charge is 2.34. The number of anilines is 2. The van der Waals surface area contributed by atoms with Crippen LogP contribution in [0.2, 0.25) is 0 Å². The van der Waals surface area contributed by atoms with Gasteiger partial charge >= 0.3 is 6.09 Å². The highest BCUT2D eigenvalue weighted by atomic mass is 16.6. The third-order valence-corrected chi connectivity index (χ3v) is 5.36. The summed E-state index contributed by atoms with van der Waals surface area (Å²) in [5.74, 6) is 0.670. The van der Waals surface area contributed by atoms with Gasteiger partial charge in [0.05, 0.1) is 18.9 Å². The van der Waals surface area contributed by atoms with E-state index in [9.17, 15) is 14.4 Å². The van der Waals surface area contributed by atoms with Crippen molar-refractivity contribution < 1.29 is 23.8 Å². The van der Waals surface area contributed by atoms with E-state index in [0.717, 1.165) is 0 Å². The van der Waals surface area contributed by atoms with E-state index < -0.39 is 12.2 Å². The predicted octanol–water partition coefficient (Wildman–Crippen LogP) is -0.0739. The highest BCUT2D eigenvalue weighted by molar-refractivity contribution is 5.94. The summed E-state index contributed by atoms with van der Waals surface area (Å²) < 4.78 is 17.8. The molecule has 14 heteroatoms. The van der Waals surface area contributed by atoms with Gasteiger partial charge in [-0.25, -0.2) is 19.7 Å². The van der Waals surface area contributed by atoms with Gasteiger partial charge in [0.2, 0.25) is 5.88 Å². The topological polar surface area (TPSA) is 163 Å². The number of hydrogen-bond donors (Lipinski definition) is 2. The third kappa shape index (κ3) is 4.68. The summed E-state index contributed by atoms with van der Waals surface area (Å²) in [5.41, 5.74) is 0.869. The van der Waals surface area contributed by atoms with E-state index in [1.165, 1.54) is 21.9 Å². The van der Waals surface area contributed by atoms with Crippen molar-refractivity contribution in [3.63, 3.8) is 0 Å². The van der Waals surface area contributed by atoms with Gasteiger partial charge in [0.25, 0.3) is 17.3 Å². The Kier molecular flexibility index (Phi) is 6.10. The number of cyclic esters (lactones) is 1. The number of amides is 2. The zero-order valence-electron chi connectivity index (χ0n) is 18.8. The second kappa shape index (κ2) is 9.50. The molecule has 2 N–H and O–H groups in total. The molecule has 1 atom stereocenters. The number of ether oxygens (including phenoxy) is 3. The molecule has 0 aliphatic carbocycles. The van der Waals surface area contributed by atoms with Gasteiger partial charge in [-0.3, -0.25) is 19.1 Å². The fourth-order valence-electron chi connectivity index (χ4n) is 3.70. The van der Waals surface area contributed by atoms with Gasteiger partial charge in [0.15, 0.2) is 23.9 Å². The van der Waals surface area contributed by atoms with Crippen LogP contribution in [0.3, 0.4) is 0 Å². The van der Waals surface area contributed by atoms with Crippen LogP contribution in [0.25, 0.3) is 11.2 Å². The number of aromatic nitrogens is 5. The minimum atomic E-state index is -0.554. The van der Waals surface area contributed by atoms with Gasteiger partial charge in [-0.15, -0.1) is 0 Å². The summed E-state index contributed by atoms with van der Waals surface area (Å²) >= 11 is 0. The average molecular weight is 482 g/mol. The minimum Gasteiger partial charge on any atom is -0.476 e. The monoisotopic (exact) mass is 482 g/mol. The lowest BCUT2D eigenvalue weighted by Gasteiger charge is -2.18. The fraction of sp³-hybridized carbons (Fsp3) is 0.381. The molecule has 14 nitrogen and oxygen atoms in total. The second-order valence-electron chi connectivity index (χ2n) is 7.72. The van der Waals surface area contributed by atoms with E-state index in [2.05, 4.69) is 30.6 Å². The van der Waals surface area contributed by atoms with E-state index in [-0.39, 0.29) is 42.1 Å². The largest absolute Gasteiger partial charge is 0.476 e. The molecule has 1 unspecified atom stereocenters. The van der Waals surface area contributed by atoms with Crippen molar-refractivity contribution in [2.45, 2.75) is 19.6 Å². The van der Waals surface area contributed by atoms with Crippen molar-refractivity contribution in [1.29, 1.82) is 0 Å². The van der Waals surface area contributed by atoms with Crippen LogP contribution >= 0.6 is 0 Å². The molecule has 35 heavy (non-hydrogen) atoms. The first-order valence-electron chi connectivity index (χ1n) is 11.0. The lowest BCUT2D eigenvalue weighted by atomic mass is 10.3. The zero-order valence-corrected chi connectivity index (χ0v) is 18.8. The fourth-order valence-corrected chi connectivity index (χ4v) is 3.70. The first kappa shape index (κ1) is 22.5. The van der Waals surface area contributed by atoms with Gasteiger partial charge in [0, 0.05) is 25.7 Å². The maximum atomic E-state index is 12.3. The van der Waals surface area contributed by atoms with Crippen LogP contribution in [0, 0.1) is 0 Å². The Morgan fingerprint density at radius 1 is 1.20 bits per heavy atom. The molecule has 0 bridgehead atoms. The minimum absolute atomic E-state index is 0.127. The van der Waals surface area contributed by atoms with Crippen molar-refractivity contribution in [2.24, 2.45) is 0 Å². The molecule has 2 aliphatic heterocycles. The van der Waals surface area contributed by atoms with Crippen LogP contribution in [0.15, 0.2) is 29.3 Å². The number of aryl methyl sites for hydroxylation is 1. The van der Waals surface area contributed by atoms with Crippen molar-refractivity contribution in [1.82, 2.24) is 29.8 Å². The first-order chi connectivity index (χ1) is 17.0. The molecule has 1 saturated heterocycles. The Bertz CT molecular complexity index is 1350. The van der Waals surface area contributed by atoms with Crippen LogP contribution < -0.4 is 30.6 Å². The number of carbonyl (C=O) groups excluding carboxylic acids is 2. The SMILES string of the molecule is CCn1c(=O)cnc2ccc(OCCNCC3CN(c4cnc5c(n4)NC(=O)CO5)C(=O)O3)nc21. The smallest absolute Gasteiger partial charge is 0.416 e. The number of carbonyl (C=O) groups is 2. The van der Waals surface area contributed by atoms with E-state index in [1.54, 1.807) is 12.1 Å². The molecular formula is C21H22N8O6. The predicted molar refractivity (Wildman–Crippen MR) is 122 cm³/mol. The summed E-state index contributed by atoms with van der Waals surface area (Å²) in [6.07, 6.45) is 1.71. The van der Waals surface area contributed by atoms with Crippen LogP contribution in [-0.2, 0) is 16.1 Å². The van der Waals surface area contributed by atoms with Gasteiger partial charge in [-0.1, -0.05) is 0 Å². The Hall–Kier alpha value is -4.33. The maximum Gasteiger partial charge on any atom is 0.416 e. The Morgan fingerprint density at radius 3 is 2.94 bits per heavy atom. The molecule has 2 aliphatic rings. The van der Waals surface area contributed by atoms with Crippen LogP contribution in [0.1, 0.15) is 6.92 Å². The molecule has 5 heterocycles. The number of nitrogens with zero attached hydrogens (tertiary/aromatic N) is 6. The molecule has 0 aromatic carbocycles. The van der Waals surface area contributed by atoms with Crippen molar-refractivity contribution >= 4 is 34.8 Å². The second-order valence-corrected chi connectivity index (χ2v) is 7.72. The molecule has 0 radical (unpaired) electrons. The summed E-state index contributed by atoms with van der Waals surface area (Å²) in [6, 6.07) is 3.45. The number of fused-ring (bicyclic) bond motifs is 2. The van der Waals surface area contributed by atoms with E-state index in [4.69, 9.17) is 14.2 Å². The Labute approximate surface area is 198 Å². The maximum absolute atomic E-state index is 12.3. The summed E-state index contributed by atoms with van der Waals surface area (Å²) in [6.45, 7) is 3.67. The number of rotatable bonds is 8. The molecule has 1 fully saturated rings. The zero-order chi connectivity index (χ0) is 24.4. The van der Waals surface area contributed by atoms with Gasteiger partial charge < -0.3 is 24.8 Å². The van der Waals surface area contributed by atoms with Crippen LogP contribution in [0.5, 0.6) is 11.8 Å². The number of pyridine rings is 1. The van der Waals surface area contributed by atoms with Crippen LogP contribution in [-0.4, -0.2) is 75.5 Å². The molecule has 3 aromatic heterocycles. The Balaban J connectivity index is 1.12. The summed E-state index contributed by atoms with van der Waals surface area (Å²) in [7, 11) is 0. The van der Waals surface area contributed by atoms with Gasteiger partial charge in [0.1, 0.15) is 18.2 Å². The molecule has 3 aromatic rings. The normalized spacial score (nSPS) is 17.1. The van der Waals surface area contributed by atoms with Crippen LogP contribution in [0.4, 0.5) is 16.4 Å². The van der Waals surface area contributed by atoms with Crippen molar-refractivity contribution in [3.05, 3.63) is 34.9 Å². The first-order valence-corrected chi connectivity index (χ1v) is 11.0. The van der Waals surface area contributed by atoms with E-state index in [1.807, 2.05) is 6.92 Å². The molecule has 0 saturated carbocycles. The standard InChI is InChI=1S/C21H22N8O6/c1-2-28-17(31)9-23-13-3-4-16(27-19(13)28)33-6-5-22-7-12-10-29(21(32)35-12)14-8-24-20-18(25-14)26-15(30)11-34-20/h3-4,8-9,12,22H,2,5-7,10-11H2,1H3,(H,25,26,30). The third-order valence-electron chi connectivity index (χ3n) is 5.36. The van der Waals surface area contributed by atoms with E-state index in [0.29, 0.717) is 43.3 Å². The van der Waals surface area contributed by atoms with Crippen molar-refractivity contribution in [2.75, 3.05) is 43.1 Å². The number of nitrogens with one attached hydrogen (secondary N) is 2. The molecule has 0 spiro atoms. The molecule has 5 rings (SSSR count). The van der Waals surface area contributed by atoms with Gasteiger partial charge in [-0.2, -0.15) is 4.98 Å². The number of hydrogen-bond acceptors (Lipinski definition) is 11.